The second-order valence-electron chi connectivity index (χ2n) is 7.59. The predicted octanol–water partition coefficient (Wildman–Crippen LogP) is 4.04. The maximum atomic E-state index is 12.9. The fourth-order valence-corrected chi connectivity index (χ4v) is 5.73. The van der Waals surface area contributed by atoms with E-state index in [-0.39, 0.29) is 24.1 Å². The Morgan fingerprint density at radius 3 is 2.74 bits per heavy atom. The molecule has 6 nitrogen and oxygen atoms in total. The first-order valence-corrected chi connectivity index (χ1v) is 12.5. The van der Waals surface area contributed by atoms with Gasteiger partial charge in [-0.15, -0.1) is 0 Å². The molecule has 0 saturated carbocycles. The van der Waals surface area contributed by atoms with Crippen LogP contribution in [0.2, 0.25) is 10.0 Å². The van der Waals surface area contributed by atoms with Crippen LogP contribution in [0.4, 0.5) is 0 Å². The van der Waals surface area contributed by atoms with Gasteiger partial charge in [-0.05, 0) is 49.1 Å². The number of carbonyl (C=O) groups excluding carboxylic acids is 1. The number of rotatable bonds is 8. The number of nitrogens with zero attached hydrogens (tertiary/aromatic N) is 1. The van der Waals surface area contributed by atoms with Crippen molar-refractivity contribution >= 4 is 39.1 Å². The van der Waals surface area contributed by atoms with Gasteiger partial charge in [-0.25, -0.2) is 12.7 Å². The third-order valence-electron chi connectivity index (χ3n) is 5.25. The van der Waals surface area contributed by atoms with Crippen molar-refractivity contribution in [1.29, 1.82) is 0 Å². The van der Waals surface area contributed by atoms with Gasteiger partial charge in [0.15, 0.2) is 0 Å². The highest BCUT2D eigenvalue weighted by Gasteiger charge is 2.32. The maximum Gasteiger partial charge on any atom is 0.224 e. The van der Waals surface area contributed by atoms with Crippen LogP contribution in [0.25, 0.3) is 0 Å². The van der Waals surface area contributed by atoms with Gasteiger partial charge in [-0.1, -0.05) is 47.5 Å². The smallest absolute Gasteiger partial charge is 0.224 e. The second-order valence-corrected chi connectivity index (χ2v) is 10.4. The molecule has 168 valence electrons. The third kappa shape index (κ3) is 6.59. The number of amides is 1. The van der Waals surface area contributed by atoms with E-state index in [0.717, 1.165) is 11.3 Å². The molecule has 0 spiro atoms. The van der Waals surface area contributed by atoms with Crippen LogP contribution in [0.1, 0.15) is 24.0 Å². The Labute approximate surface area is 193 Å². The van der Waals surface area contributed by atoms with E-state index in [0.29, 0.717) is 48.1 Å². The minimum absolute atomic E-state index is 0.155. The average molecular weight is 485 g/mol. The van der Waals surface area contributed by atoms with Gasteiger partial charge in [-0.2, -0.15) is 0 Å². The minimum atomic E-state index is -3.60. The molecule has 1 N–H and O–H groups in total. The topological polar surface area (TPSA) is 75.7 Å². The Morgan fingerprint density at radius 2 is 2.00 bits per heavy atom. The summed E-state index contributed by atoms with van der Waals surface area (Å²) in [5.74, 6) is 0.0229. The Morgan fingerprint density at radius 1 is 1.23 bits per heavy atom. The number of carbonyl (C=O) groups is 1. The molecule has 1 aliphatic heterocycles. The number of piperidine rings is 1. The first-order valence-electron chi connectivity index (χ1n) is 10.1. The average Bonchev–Trinajstić information content (AvgIpc) is 2.74. The molecule has 3 rings (SSSR count). The van der Waals surface area contributed by atoms with Crippen molar-refractivity contribution in [2.45, 2.75) is 25.5 Å². The molecule has 0 aliphatic carbocycles. The van der Waals surface area contributed by atoms with Crippen LogP contribution < -0.4 is 10.1 Å². The monoisotopic (exact) mass is 484 g/mol. The SMILES string of the molecule is Cc1ccccc1OCCNC(=O)[C@@H]1CCCN(S(=O)(=O)Cc2ccc(Cl)cc2Cl)C1. The van der Waals surface area contributed by atoms with E-state index in [1.165, 1.54) is 10.4 Å². The standard InChI is InChI=1S/C22H26Cl2N2O4S/c1-16-5-2-3-7-21(16)30-12-10-25-22(27)17-6-4-11-26(14-17)31(28,29)15-18-8-9-19(23)13-20(18)24/h2-3,5,7-9,13,17H,4,6,10-12,14-15H2,1H3,(H,25,27)/t17-/m1/s1. The number of halogens is 2. The number of para-hydroxylation sites is 1. The summed E-state index contributed by atoms with van der Waals surface area (Å²) in [7, 11) is -3.60. The zero-order valence-corrected chi connectivity index (χ0v) is 19.6. The van der Waals surface area contributed by atoms with E-state index in [1.54, 1.807) is 12.1 Å². The molecule has 0 radical (unpaired) electrons. The van der Waals surface area contributed by atoms with E-state index in [1.807, 2.05) is 31.2 Å². The maximum absolute atomic E-state index is 12.9. The summed E-state index contributed by atoms with van der Waals surface area (Å²) in [5, 5.41) is 3.62. The molecule has 1 fully saturated rings. The largest absolute Gasteiger partial charge is 0.491 e. The molecular weight excluding hydrogens is 459 g/mol. The number of hydrogen-bond acceptors (Lipinski definition) is 4. The van der Waals surface area contributed by atoms with E-state index in [4.69, 9.17) is 27.9 Å². The Balaban J connectivity index is 1.51. The van der Waals surface area contributed by atoms with Crippen molar-refractivity contribution in [3.63, 3.8) is 0 Å². The first-order chi connectivity index (χ1) is 14.8. The molecule has 1 aliphatic rings. The first kappa shape index (κ1) is 23.9. The summed E-state index contributed by atoms with van der Waals surface area (Å²) in [6.45, 7) is 3.23. The highest BCUT2D eigenvalue weighted by atomic mass is 35.5. The number of nitrogens with one attached hydrogen (secondary N) is 1. The van der Waals surface area contributed by atoms with E-state index >= 15 is 0 Å². The van der Waals surface area contributed by atoms with Gasteiger partial charge in [0.2, 0.25) is 15.9 Å². The normalized spacial score (nSPS) is 17.3. The Bertz CT molecular complexity index is 1030. The van der Waals surface area contributed by atoms with Crippen molar-refractivity contribution in [2.75, 3.05) is 26.2 Å². The van der Waals surface area contributed by atoms with Crippen LogP contribution in [-0.4, -0.2) is 44.9 Å². The molecule has 9 heteroatoms. The van der Waals surface area contributed by atoms with Crippen molar-refractivity contribution in [1.82, 2.24) is 9.62 Å². The van der Waals surface area contributed by atoms with Gasteiger partial charge in [0.05, 0.1) is 18.2 Å². The molecule has 0 unspecified atom stereocenters. The summed E-state index contributed by atoms with van der Waals surface area (Å²) >= 11 is 12.0. The highest BCUT2D eigenvalue weighted by Crippen LogP contribution is 2.26. The van der Waals surface area contributed by atoms with Crippen molar-refractivity contribution in [3.8, 4) is 5.75 Å². The second kappa shape index (κ2) is 10.7. The summed E-state index contributed by atoms with van der Waals surface area (Å²) in [6, 6.07) is 12.4. The van der Waals surface area contributed by atoms with Gasteiger partial charge < -0.3 is 10.1 Å². The lowest BCUT2D eigenvalue weighted by molar-refractivity contribution is -0.126. The molecule has 2 aromatic rings. The van der Waals surface area contributed by atoms with E-state index < -0.39 is 10.0 Å². The summed E-state index contributed by atoms with van der Waals surface area (Å²) in [4.78, 5) is 12.6. The number of ether oxygens (including phenoxy) is 1. The molecule has 1 atom stereocenters. The quantitative estimate of drug-likeness (QED) is 0.573. The number of benzene rings is 2. The van der Waals surface area contributed by atoms with Gasteiger partial charge in [0.25, 0.3) is 0 Å². The molecule has 0 aromatic heterocycles. The molecule has 1 heterocycles. The number of aryl methyl sites for hydroxylation is 1. The van der Waals surface area contributed by atoms with Crippen LogP contribution in [0.5, 0.6) is 5.75 Å². The van der Waals surface area contributed by atoms with Crippen LogP contribution in [-0.2, 0) is 20.6 Å². The molecule has 2 aromatic carbocycles. The summed E-state index contributed by atoms with van der Waals surface area (Å²) in [6.07, 6.45) is 1.28. The lowest BCUT2D eigenvalue weighted by atomic mass is 9.99. The van der Waals surface area contributed by atoms with Gasteiger partial charge >= 0.3 is 0 Å². The lowest BCUT2D eigenvalue weighted by Gasteiger charge is -2.31. The summed E-state index contributed by atoms with van der Waals surface area (Å²) < 4.78 is 32.9. The lowest BCUT2D eigenvalue weighted by Crippen LogP contribution is -2.46. The van der Waals surface area contributed by atoms with E-state index in [9.17, 15) is 13.2 Å². The number of hydrogen-bond donors (Lipinski definition) is 1. The van der Waals surface area contributed by atoms with Crippen LogP contribution in [0, 0.1) is 12.8 Å². The molecule has 1 saturated heterocycles. The zero-order valence-electron chi connectivity index (χ0n) is 17.3. The number of sulfonamides is 1. The van der Waals surface area contributed by atoms with Crippen LogP contribution in [0.15, 0.2) is 42.5 Å². The molecule has 1 amide bonds. The zero-order chi connectivity index (χ0) is 22.4. The van der Waals surface area contributed by atoms with Gasteiger partial charge in [-0.3, -0.25) is 4.79 Å². The van der Waals surface area contributed by atoms with Gasteiger partial charge in [0.1, 0.15) is 12.4 Å². The Kier molecular flexibility index (Phi) is 8.22. The Hall–Kier alpha value is -1.80. The fraction of sp³-hybridized carbons (Fsp3) is 0.409. The van der Waals surface area contributed by atoms with Crippen molar-refractivity contribution in [2.24, 2.45) is 5.92 Å². The third-order valence-corrected chi connectivity index (χ3v) is 7.63. The van der Waals surface area contributed by atoms with Crippen LogP contribution >= 0.6 is 23.2 Å². The summed E-state index contributed by atoms with van der Waals surface area (Å²) in [5.41, 5.74) is 1.52. The fourth-order valence-electron chi connectivity index (χ4n) is 3.53. The van der Waals surface area contributed by atoms with E-state index in [2.05, 4.69) is 5.32 Å². The highest BCUT2D eigenvalue weighted by molar-refractivity contribution is 7.88. The minimum Gasteiger partial charge on any atom is -0.491 e. The molecule has 0 bridgehead atoms. The molecule has 31 heavy (non-hydrogen) atoms. The van der Waals surface area contributed by atoms with Crippen molar-refractivity contribution < 1.29 is 17.9 Å². The predicted molar refractivity (Wildman–Crippen MR) is 123 cm³/mol. The molecular formula is C22H26Cl2N2O4S. The van der Waals surface area contributed by atoms with Crippen LogP contribution in [0.3, 0.4) is 0 Å². The van der Waals surface area contributed by atoms with Crippen molar-refractivity contribution in [3.05, 3.63) is 63.6 Å². The van der Waals surface area contributed by atoms with Gasteiger partial charge in [0, 0.05) is 23.1 Å².